The summed E-state index contributed by atoms with van der Waals surface area (Å²) in [4.78, 5) is 22.4. The Hall–Kier alpha value is -2.10. The molecule has 0 aliphatic heterocycles. The van der Waals surface area contributed by atoms with Crippen molar-refractivity contribution in [2.45, 2.75) is 20.4 Å². The number of fused-ring (bicyclic) bond motifs is 1. The number of hydrogen-bond acceptors (Lipinski definition) is 2. The third-order valence-electron chi connectivity index (χ3n) is 2.90. The fourth-order valence-electron chi connectivity index (χ4n) is 1.86. The zero-order chi connectivity index (χ0) is 12.6. The molecule has 0 amide bonds. The lowest BCUT2D eigenvalue weighted by Crippen LogP contribution is -2.23. The summed E-state index contributed by atoms with van der Waals surface area (Å²) in [6, 6.07) is 6.94. The van der Waals surface area contributed by atoms with Gasteiger partial charge in [-0.05, 0) is 48.6 Å². The fraction of sp³-hybridized carbons (Fsp3) is 0.231. The molecule has 2 aromatic rings. The van der Waals surface area contributed by atoms with Crippen LogP contribution in [0.15, 0.2) is 29.1 Å². The molecule has 4 heteroatoms. The van der Waals surface area contributed by atoms with Crippen molar-refractivity contribution in [1.29, 1.82) is 0 Å². The van der Waals surface area contributed by atoms with Gasteiger partial charge in [-0.2, -0.15) is 0 Å². The number of hydrogen-bond donors (Lipinski definition) is 1. The number of aryl methyl sites for hydroxylation is 2. The molecule has 4 nitrogen and oxygen atoms in total. The summed E-state index contributed by atoms with van der Waals surface area (Å²) < 4.78 is 1.28. The van der Waals surface area contributed by atoms with Gasteiger partial charge in [-0.25, -0.2) is 0 Å². The smallest absolute Gasteiger partial charge is 0.323 e. The normalized spacial score (nSPS) is 10.7. The van der Waals surface area contributed by atoms with Gasteiger partial charge in [-0.1, -0.05) is 0 Å². The highest BCUT2D eigenvalue weighted by atomic mass is 16.4. The predicted molar refractivity (Wildman–Crippen MR) is 65.3 cm³/mol. The molecule has 2 rings (SSSR count). The molecular weight excluding hydrogens is 218 g/mol. The zero-order valence-corrected chi connectivity index (χ0v) is 9.73. The quantitative estimate of drug-likeness (QED) is 0.855. The SMILES string of the molecule is Cc1cc2ccc(=O)n(CC(=O)O)c2cc1C. The summed E-state index contributed by atoms with van der Waals surface area (Å²) >= 11 is 0. The van der Waals surface area contributed by atoms with Crippen LogP contribution in [0.4, 0.5) is 0 Å². The highest BCUT2D eigenvalue weighted by molar-refractivity contribution is 5.82. The molecule has 1 N–H and O–H groups in total. The Kier molecular flexibility index (Phi) is 2.71. The summed E-state index contributed by atoms with van der Waals surface area (Å²) in [5.74, 6) is -1.02. The predicted octanol–water partition coefficient (Wildman–Crippen LogP) is 1.70. The van der Waals surface area contributed by atoms with Crippen molar-refractivity contribution < 1.29 is 9.90 Å². The number of benzene rings is 1. The van der Waals surface area contributed by atoms with Gasteiger partial charge in [-0.3, -0.25) is 14.2 Å². The average molecular weight is 231 g/mol. The van der Waals surface area contributed by atoms with Gasteiger partial charge >= 0.3 is 5.97 Å². The van der Waals surface area contributed by atoms with Crippen LogP contribution in [-0.4, -0.2) is 15.6 Å². The van der Waals surface area contributed by atoms with Crippen LogP contribution in [-0.2, 0) is 11.3 Å². The van der Waals surface area contributed by atoms with Crippen LogP contribution in [0.1, 0.15) is 11.1 Å². The maximum Gasteiger partial charge on any atom is 0.323 e. The first-order valence-corrected chi connectivity index (χ1v) is 5.31. The summed E-state index contributed by atoms with van der Waals surface area (Å²) in [7, 11) is 0. The number of pyridine rings is 1. The number of carbonyl (C=O) groups is 1. The van der Waals surface area contributed by atoms with E-state index >= 15 is 0 Å². The monoisotopic (exact) mass is 231 g/mol. The van der Waals surface area contributed by atoms with Gasteiger partial charge in [-0.15, -0.1) is 0 Å². The lowest BCUT2D eigenvalue weighted by Gasteiger charge is -2.10. The molecular formula is C13H13NO3. The minimum Gasteiger partial charge on any atom is -0.480 e. The largest absolute Gasteiger partial charge is 0.480 e. The van der Waals surface area contributed by atoms with E-state index in [0.717, 1.165) is 16.5 Å². The first-order chi connectivity index (χ1) is 7.99. The van der Waals surface area contributed by atoms with E-state index in [-0.39, 0.29) is 12.1 Å². The van der Waals surface area contributed by atoms with Gasteiger partial charge in [0, 0.05) is 6.07 Å². The molecule has 0 aliphatic carbocycles. The Morgan fingerprint density at radius 3 is 2.53 bits per heavy atom. The van der Waals surface area contributed by atoms with Gasteiger partial charge in [0.15, 0.2) is 0 Å². The van der Waals surface area contributed by atoms with E-state index in [4.69, 9.17) is 5.11 Å². The van der Waals surface area contributed by atoms with Crippen LogP contribution >= 0.6 is 0 Å². The molecule has 0 unspecified atom stereocenters. The molecule has 0 radical (unpaired) electrons. The standard InChI is InChI=1S/C13H13NO3/c1-8-5-10-3-4-12(15)14(7-13(16)17)11(10)6-9(8)2/h3-6H,7H2,1-2H3,(H,16,17). The summed E-state index contributed by atoms with van der Waals surface area (Å²) in [5.41, 5.74) is 2.55. The van der Waals surface area contributed by atoms with Gasteiger partial charge in [0.25, 0.3) is 5.56 Å². The maximum absolute atomic E-state index is 11.7. The van der Waals surface area contributed by atoms with Gasteiger partial charge in [0.1, 0.15) is 6.54 Å². The molecule has 0 fully saturated rings. The van der Waals surface area contributed by atoms with E-state index in [1.807, 2.05) is 26.0 Å². The van der Waals surface area contributed by atoms with E-state index in [1.165, 1.54) is 10.6 Å². The van der Waals surface area contributed by atoms with Crippen LogP contribution in [0.3, 0.4) is 0 Å². The van der Waals surface area contributed by atoms with E-state index in [0.29, 0.717) is 5.52 Å². The van der Waals surface area contributed by atoms with E-state index in [2.05, 4.69) is 0 Å². The third-order valence-corrected chi connectivity index (χ3v) is 2.90. The van der Waals surface area contributed by atoms with Crippen molar-refractivity contribution >= 4 is 16.9 Å². The minimum atomic E-state index is -1.02. The lowest BCUT2D eigenvalue weighted by atomic mass is 10.1. The number of rotatable bonds is 2. The van der Waals surface area contributed by atoms with Crippen molar-refractivity contribution in [2.75, 3.05) is 0 Å². The van der Waals surface area contributed by atoms with Crippen LogP contribution < -0.4 is 5.56 Å². The van der Waals surface area contributed by atoms with Crippen LogP contribution in [0, 0.1) is 13.8 Å². The third kappa shape index (κ3) is 2.06. The molecule has 0 saturated carbocycles. The number of aromatic nitrogens is 1. The Bertz CT molecular complexity index is 655. The Labute approximate surface area is 98.1 Å². The average Bonchev–Trinajstić information content (AvgIpc) is 2.25. The van der Waals surface area contributed by atoms with Crippen LogP contribution in [0.5, 0.6) is 0 Å². The fourth-order valence-corrected chi connectivity index (χ4v) is 1.86. The topological polar surface area (TPSA) is 59.3 Å². The molecule has 1 heterocycles. The van der Waals surface area contributed by atoms with Crippen molar-refractivity contribution in [3.8, 4) is 0 Å². The zero-order valence-electron chi connectivity index (χ0n) is 9.73. The first kappa shape index (κ1) is 11.4. The summed E-state index contributed by atoms with van der Waals surface area (Å²) in [6.07, 6.45) is 0. The van der Waals surface area contributed by atoms with Crippen LogP contribution in [0.25, 0.3) is 10.9 Å². The molecule has 0 saturated heterocycles. The number of nitrogens with zero attached hydrogens (tertiary/aromatic N) is 1. The molecule has 0 bridgehead atoms. The Morgan fingerprint density at radius 2 is 1.88 bits per heavy atom. The van der Waals surface area contributed by atoms with E-state index < -0.39 is 5.97 Å². The van der Waals surface area contributed by atoms with Crippen molar-refractivity contribution in [3.63, 3.8) is 0 Å². The number of aliphatic carboxylic acids is 1. The molecule has 0 atom stereocenters. The highest BCUT2D eigenvalue weighted by Gasteiger charge is 2.07. The van der Waals surface area contributed by atoms with Crippen molar-refractivity contribution in [1.82, 2.24) is 4.57 Å². The second-order valence-electron chi connectivity index (χ2n) is 4.15. The van der Waals surface area contributed by atoms with Gasteiger partial charge in [0.2, 0.25) is 0 Å². The Morgan fingerprint density at radius 1 is 1.24 bits per heavy atom. The van der Waals surface area contributed by atoms with Crippen LogP contribution in [0.2, 0.25) is 0 Å². The summed E-state index contributed by atoms with van der Waals surface area (Å²) in [6.45, 7) is 3.62. The maximum atomic E-state index is 11.7. The van der Waals surface area contributed by atoms with E-state index in [9.17, 15) is 9.59 Å². The number of carboxylic acid groups (broad SMARTS) is 1. The molecule has 0 aliphatic rings. The lowest BCUT2D eigenvalue weighted by molar-refractivity contribution is -0.137. The van der Waals surface area contributed by atoms with Gasteiger partial charge in [0.05, 0.1) is 5.52 Å². The second kappa shape index (κ2) is 4.05. The molecule has 17 heavy (non-hydrogen) atoms. The summed E-state index contributed by atoms with van der Waals surface area (Å²) in [5, 5.41) is 9.70. The molecule has 1 aromatic heterocycles. The highest BCUT2D eigenvalue weighted by Crippen LogP contribution is 2.17. The minimum absolute atomic E-state index is 0.289. The first-order valence-electron chi connectivity index (χ1n) is 5.31. The second-order valence-corrected chi connectivity index (χ2v) is 4.15. The van der Waals surface area contributed by atoms with Crippen molar-refractivity contribution in [2.24, 2.45) is 0 Å². The molecule has 1 aromatic carbocycles. The van der Waals surface area contributed by atoms with E-state index in [1.54, 1.807) is 6.07 Å². The van der Waals surface area contributed by atoms with Crippen molar-refractivity contribution in [3.05, 3.63) is 45.7 Å². The Balaban J connectivity index is 2.80. The molecule has 0 spiro atoms. The molecule has 88 valence electrons. The van der Waals surface area contributed by atoms with Gasteiger partial charge < -0.3 is 5.11 Å². The number of carboxylic acids is 1.